The highest BCUT2D eigenvalue weighted by atomic mass is 127. The normalized spacial score (nSPS) is 12.4. The molecule has 2 amide bonds. The van der Waals surface area contributed by atoms with Gasteiger partial charge in [0.25, 0.3) is 11.8 Å². The Hall–Kier alpha value is -3.07. The lowest BCUT2D eigenvalue weighted by molar-refractivity contribution is 0.0918. The van der Waals surface area contributed by atoms with Gasteiger partial charge < -0.3 is 20.1 Å². The molecule has 0 fully saturated rings. The predicted molar refractivity (Wildman–Crippen MR) is 165 cm³/mol. The third-order valence-corrected chi connectivity index (χ3v) is 7.53. The van der Waals surface area contributed by atoms with Crippen molar-refractivity contribution in [2.75, 3.05) is 13.2 Å². The fraction of sp³-hybridized carbons (Fsp3) is 0.375. The van der Waals surface area contributed by atoms with E-state index in [0.29, 0.717) is 35.8 Å². The lowest BCUT2D eigenvalue weighted by atomic mass is 9.99. The predicted octanol–water partition coefficient (Wildman–Crippen LogP) is 6.54. The maximum Gasteiger partial charge on any atom is 0.252 e. The molecule has 3 aromatic carbocycles. The Morgan fingerprint density at radius 1 is 0.692 bits per heavy atom. The van der Waals surface area contributed by atoms with Gasteiger partial charge in [0.05, 0.1) is 15.7 Å². The Kier molecular flexibility index (Phi) is 10.4. The summed E-state index contributed by atoms with van der Waals surface area (Å²) in [7, 11) is 0. The van der Waals surface area contributed by atoms with Crippen LogP contribution in [0.3, 0.4) is 0 Å². The highest BCUT2D eigenvalue weighted by Crippen LogP contribution is 2.30. The molecule has 0 unspecified atom stereocenters. The first-order chi connectivity index (χ1) is 18.4. The van der Waals surface area contributed by atoms with Crippen LogP contribution >= 0.6 is 22.6 Å². The molecule has 6 nitrogen and oxygen atoms in total. The minimum absolute atomic E-state index is 0.0973. The van der Waals surface area contributed by atoms with Crippen LogP contribution in [-0.4, -0.2) is 37.1 Å². The smallest absolute Gasteiger partial charge is 0.252 e. The summed E-state index contributed by atoms with van der Waals surface area (Å²) in [5.74, 6) is 1.17. The number of aryl methyl sites for hydroxylation is 6. The average Bonchev–Trinajstić information content (AvgIpc) is 2.81. The SMILES string of the molecule is Cc1cc(C)c(C(=O)N[C@@H](C)COc2cccc(OC[C@H](C)NC(=O)c3c(C)cc(C)cc3C)c2I)c(C)c1. The van der Waals surface area contributed by atoms with Crippen LogP contribution in [0.1, 0.15) is 67.9 Å². The summed E-state index contributed by atoms with van der Waals surface area (Å²) >= 11 is 2.20. The minimum Gasteiger partial charge on any atom is -0.490 e. The molecule has 3 aromatic rings. The second-order valence-electron chi connectivity index (χ2n) is 10.5. The van der Waals surface area contributed by atoms with Crippen LogP contribution in [0.15, 0.2) is 42.5 Å². The summed E-state index contributed by atoms with van der Waals surface area (Å²) in [6.07, 6.45) is 0. The third-order valence-electron chi connectivity index (χ3n) is 6.47. The maximum atomic E-state index is 12.9. The van der Waals surface area contributed by atoms with Gasteiger partial charge in [0.1, 0.15) is 24.7 Å². The molecule has 0 radical (unpaired) electrons. The zero-order valence-electron chi connectivity index (χ0n) is 24.1. The van der Waals surface area contributed by atoms with E-state index < -0.39 is 0 Å². The van der Waals surface area contributed by atoms with E-state index >= 15 is 0 Å². The van der Waals surface area contributed by atoms with E-state index in [-0.39, 0.29) is 23.9 Å². The summed E-state index contributed by atoms with van der Waals surface area (Å²) in [5.41, 5.74) is 7.57. The molecule has 0 saturated carbocycles. The summed E-state index contributed by atoms with van der Waals surface area (Å²) in [6, 6.07) is 13.3. The van der Waals surface area contributed by atoms with E-state index in [9.17, 15) is 9.59 Å². The second-order valence-corrected chi connectivity index (χ2v) is 11.6. The molecular weight excluding hydrogens is 603 g/mol. The number of carbonyl (C=O) groups excluding carboxylic acids is 2. The quantitative estimate of drug-likeness (QED) is 0.247. The van der Waals surface area contributed by atoms with E-state index in [1.165, 1.54) is 0 Å². The van der Waals surface area contributed by atoms with Gasteiger partial charge in [0, 0.05) is 11.1 Å². The lowest BCUT2D eigenvalue weighted by Gasteiger charge is -2.20. The molecule has 3 rings (SSSR count). The first-order valence-corrected chi connectivity index (χ1v) is 14.3. The summed E-state index contributed by atoms with van der Waals surface area (Å²) in [6.45, 7) is 16.4. The van der Waals surface area contributed by atoms with Crippen molar-refractivity contribution in [1.29, 1.82) is 0 Å². The molecule has 0 saturated heterocycles. The first kappa shape index (κ1) is 30.5. The van der Waals surface area contributed by atoms with Crippen molar-refractivity contribution in [3.05, 3.63) is 90.5 Å². The zero-order valence-corrected chi connectivity index (χ0v) is 26.3. The molecule has 0 aromatic heterocycles. The molecule has 0 spiro atoms. The van der Waals surface area contributed by atoms with Crippen LogP contribution in [0.5, 0.6) is 11.5 Å². The van der Waals surface area contributed by atoms with Gasteiger partial charge in [0.2, 0.25) is 0 Å². The Morgan fingerprint density at radius 3 is 1.36 bits per heavy atom. The highest BCUT2D eigenvalue weighted by molar-refractivity contribution is 14.1. The number of nitrogens with one attached hydrogen (secondary N) is 2. The van der Waals surface area contributed by atoms with Crippen LogP contribution < -0.4 is 20.1 Å². The van der Waals surface area contributed by atoms with Crippen LogP contribution in [-0.2, 0) is 0 Å². The molecule has 0 heterocycles. The van der Waals surface area contributed by atoms with Gasteiger partial charge in [-0.05, 0) is 112 Å². The van der Waals surface area contributed by atoms with Crippen molar-refractivity contribution in [3.63, 3.8) is 0 Å². The maximum absolute atomic E-state index is 12.9. The molecule has 2 N–H and O–H groups in total. The van der Waals surface area contributed by atoms with Gasteiger partial charge in [-0.2, -0.15) is 0 Å². The van der Waals surface area contributed by atoms with Crippen molar-refractivity contribution < 1.29 is 19.1 Å². The summed E-state index contributed by atoms with van der Waals surface area (Å²) < 4.78 is 12.9. The first-order valence-electron chi connectivity index (χ1n) is 13.2. The number of amides is 2. The van der Waals surface area contributed by atoms with Gasteiger partial charge in [-0.1, -0.05) is 41.5 Å². The second kappa shape index (κ2) is 13.3. The Labute approximate surface area is 246 Å². The monoisotopic (exact) mass is 642 g/mol. The Bertz CT molecular complexity index is 1220. The number of benzene rings is 3. The van der Waals surface area contributed by atoms with E-state index in [0.717, 1.165) is 37.0 Å². The standard InChI is InChI=1S/C32H39IN2O4/c1-18-12-20(3)28(21(4)13-18)31(36)34-24(7)16-38-26-10-9-11-27(30(26)33)39-17-25(8)35-32(37)29-22(5)14-19(2)15-23(29)6/h9-15,24-25H,16-17H2,1-8H3,(H,34,36)(H,35,37)/t24-,25-/m0/s1. The topological polar surface area (TPSA) is 76.7 Å². The summed E-state index contributed by atoms with van der Waals surface area (Å²) in [5, 5.41) is 6.09. The van der Waals surface area contributed by atoms with Crippen LogP contribution in [0, 0.1) is 45.1 Å². The van der Waals surface area contributed by atoms with Gasteiger partial charge in [-0.3, -0.25) is 9.59 Å². The number of hydrogen-bond acceptors (Lipinski definition) is 4. The Morgan fingerprint density at radius 2 is 1.03 bits per heavy atom. The molecule has 0 aliphatic rings. The zero-order chi connectivity index (χ0) is 28.9. The third kappa shape index (κ3) is 7.97. The largest absolute Gasteiger partial charge is 0.490 e. The molecule has 0 aliphatic heterocycles. The average molecular weight is 643 g/mol. The van der Waals surface area contributed by atoms with E-state index in [2.05, 4.69) is 33.2 Å². The minimum atomic E-state index is -0.193. The van der Waals surface area contributed by atoms with Crippen molar-refractivity contribution in [2.45, 2.75) is 67.5 Å². The molecule has 0 bridgehead atoms. The van der Waals surface area contributed by atoms with Crippen LogP contribution in [0.25, 0.3) is 0 Å². The fourth-order valence-corrected chi connectivity index (χ4v) is 5.57. The molecule has 208 valence electrons. The molecule has 39 heavy (non-hydrogen) atoms. The van der Waals surface area contributed by atoms with E-state index in [1.54, 1.807) is 0 Å². The molecule has 7 heteroatoms. The fourth-order valence-electron chi connectivity index (χ4n) is 4.89. The summed E-state index contributed by atoms with van der Waals surface area (Å²) in [4.78, 5) is 25.8. The number of rotatable bonds is 10. The van der Waals surface area contributed by atoms with Crippen molar-refractivity contribution in [3.8, 4) is 11.5 Å². The van der Waals surface area contributed by atoms with Crippen LogP contribution in [0.4, 0.5) is 0 Å². The highest BCUT2D eigenvalue weighted by Gasteiger charge is 2.18. The van der Waals surface area contributed by atoms with Crippen molar-refractivity contribution >= 4 is 34.4 Å². The van der Waals surface area contributed by atoms with Gasteiger partial charge in [-0.15, -0.1) is 0 Å². The van der Waals surface area contributed by atoms with Gasteiger partial charge >= 0.3 is 0 Å². The number of hydrogen-bond donors (Lipinski definition) is 2. The molecular formula is C32H39IN2O4. The molecule has 2 atom stereocenters. The van der Waals surface area contributed by atoms with Crippen LogP contribution in [0.2, 0.25) is 0 Å². The Balaban J connectivity index is 1.55. The van der Waals surface area contributed by atoms with E-state index in [4.69, 9.17) is 9.47 Å². The molecule has 0 aliphatic carbocycles. The van der Waals surface area contributed by atoms with Crippen molar-refractivity contribution in [1.82, 2.24) is 10.6 Å². The van der Waals surface area contributed by atoms with Crippen molar-refractivity contribution in [2.24, 2.45) is 0 Å². The van der Waals surface area contributed by atoms with E-state index in [1.807, 2.05) is 97.9 Å². The number of halogens is 1. The number of carbonyl (C=O) groups is 2. The van der Waals surface area contributed by atoms with Gasteiger partial charge in [0.15, 0.2) is 0 Å². The number of ether oxygens (including phenoxy) is 2. The lowest BCUT2D eigenvalue weighted by Crippen LogP contribution is -2.37. The van der Waals surface area contributed by atoms with Gasteiger partial charge in [-0.25, -0.2) is 0 Å².